The van der Waals surface area contributed by atoms with Crippen molar-refractivity contribution >= 4 is 79.1 Å². The van der Waals surface area contributed by atoms with Gasteiger partial charge in [0, 0.05) is 29.4 Å². The molecule has 1 aromatic carbocycles. The van der Waals surface area contributed by atoms with Crippen LogP contribution < -0.4 is 10.4 Å². The Hall–Kier alpha value is -0.700. The largest absolute Gasteiger partial charge is 0.308 e. The highest BCUT2D eigenvalue weighted by Gasteiger charge is 2.33. The van der Waals surface area contributed by atoms with Gasteiger partial charge in [-0.05, 0) is 59.1 Å². The van der Waals surface area contributed by atoms with Crippen molar-refractivity contribution in [3.8, 4) is 0 Å². The van der Waals surface area contributed by atoms with E-state index in [2.05, 4.69) is 38.5 Å². The van der Waals surface area contributed by atoms with E-state index in [1.165, 1.54) is 24.1 Å². The lowest BCUT2D eigenvalue weighted by Crippen LogP contribution is -2.46. The molecule has 1 fully saturated rings. The molecule has 148 valence electrons. The Morgan fingerprint density at radius 3 is 2.64 bits per heavy atom. The van der Waals surface area contributed by atoms with Gasteiger partial charge in [0.25, 0.3) is 0 Å². The SMILES string of the molecule is S=C(NN1CCCCC1)C1=NN(c2ccc(Cl)cc2Cl)C(c2ccc(Br)s2)C1. The third-order valence-electron chi connectivity index (χ3n) is 4.87. The van der Waals surface area contributed by atoms with E-state index in [9.17, 15) is 0 Å². The van der Waals surface area contributed by atoms with Crippen LogP contribution in [0.2, 0.25) is 10.0 Å². The van der Waals surface area contributed by atoms with E-state index < -0.39 is 0 Å². The van der Waals surface area contributed by atoms with Gasteiger partial charge in [-0.25, -0.2) is 5.01 Å². The summed E-state index contributed by atoms with van der Waals surface area (Å²) in [5.74, 6) is 0. The summed E-state index contributed by atoms with van der Waals surface area (Å²) in [5.41, 5.74) is 5.09. The standard InChI is InChI=1S/C19H19BrCl2N4S2/c20-18-7-6-17(28-18)16-11-14(19(27)24-25-8-2-1-3-9-25)23-26(16)15-5-4-12(21)10-13(15)22/h4-7,10,16H,1-3,8-9,11H2,(H,24,27). The maximum absolute atomic E-state index is 6.49. The van der Waals surface area contributed by atoms with Gasteiger partial charge >= 0.3 is 0 Å². The Morgan fingerprint density at radius 1 is 1.18 bits per heavy atom. The van der Waals surface area contributed by atoms with Crippen LogP contribution in [0.3, 0.4) is 0 Å². The second kappa shape index (κ2) is 8.98. The van der Waals surface area contributed by atoms with Crippen LogP contribution in [-0.2, 0) is 0 Å². The molecule has 2 aliphatic heterocycles. The fourth-order valence-corrected chi connectivity index (χ4v) is 5.74. The van der Waals surface area contributed by atoms with Crippen molar-refractivity contribution in [2.24, 2.45) is 5.10 Å². The molecule has 1 N–H and O–H groups in total. The Bertz CT molecular complexity index is 911. The van der Waals surface area contributed by atoms with Gasteiger partial charge < -0.3 is 5.43 Å². The number of thiophene rings is 1. The summed E-state index contributed by atoms with van der Waals surface area (Å²) in [4.78, 5) is 1.90. The first-order valence-electron chi connectivity index (χ1n) is 9.14. The molecule has 3 heterocycles. The highest BCUT2D eigenvalue weighted by atomic mass is 79.9. The summed E-state index contributed by atoms with van der Waals surface area (Å²) in [6, 6.07) is 9.72. The lowest BCUT2D eigenvalue weighted by atomic mass is 10.1. The zero-order valence-corrected chi connectivity index (χ0v) is 19.7. The number of hydrogen-bond donors (Lipinski definition) is 1. The number of halogens is 3. The Morgan fingerprint density at radius 2 is 1.96 bits per heavy atom. The molecule has 0 radical (unpaired) electrons. The third-order valence-corrected chi connectivity index (χ3v) is 7.46. The average Bonchev–Trinajstić information content (AvgIpc) is 3.29. The minimum atomic E-state index is 0.0473. The van der Waals surface area contributed by atoms with Gasteiger partial charge in [-0.15, -0.1) is 11.3 Å². The lowest BCUT2D eigenvalue weighted by Gasteiger charge is -2.27. The van der Waals surface area contributed by atoms with E-state index in [0.717, 1.165) is 34.7 Å². The van der Waals surface area contributed by atoms with Crippen LogP contribution in [0.15, 0.2) is 39.2 Å². The summed E-state index contributed by atoms with van der Waals surface area (Å²) in [5, 5.41) is 10.2. The number of hydrazone groups is 1. The fourth-order valence-electron chi connectivity index (χ4n) is 3.48. The van der Waals surface area contributed by atoms with E-state index in [4.69, 9.17) is 40.5 Å². The molecule has 2 aromatic rings. The topological polar surface area (TPSA) is 30.9 Å². The molecule has 2 aliphatic rings. The summed E-state index contributed by atoms with van der Waals surface area (Å²) >= 11 is 23.5. The molecule has 0 spiro atoms. The number of hydrazine groups is 1. The first-order valence-corrected chi connectivity index (χ1v) is 11.9. The number of hydrogen-bond acceptors (Lipinski definition) is 5. The van der Waals surface area contributed by atoms with Gasteiger partial charge in [-0.3, -0.25) is 5.01 Å². The highest BCUT2D eigenvalue weighted by Crippen LogP contribution is 2.42. The van der Waals surface area contributed by atoms with E-state index >= 15 is 0 Å². The fraction of sp³-hybridized carbons (Fsp3) is 0.368. The molecule has 1 saturated heterocycles. The number of rotatable bonds is 4. The van der Waals surface area contributed by atoms with E-state index in [0.29, 0.717) is 15.0 Å². The zero-order valence-electron chi connectivity index (χ0n) is 15.0. The van der Waals surface area contributed by atoms with Gasteiger partial charge in [0.15, 0.2) is 0 Å². The average molecular weight is 518 g/mol. The van der Waals surface area contributed by atoms with Crippen LogP contribution in [0.25, 0.3) is 0 Å². The van der Waals surface area contributed by atoms with Crippen LogP contribution in [0.5, 0.6) is 0 Å². The van der Waals surface area contributed by atoms with Crippen LogP contribution in [0.4, 0.5) is 5.69 Å². The summed E-state index contributed by atoms with van der Waals surface area (Å²) in [6.45, 7) is 2.03. The van der Waals surface area contributed by atoms with Gasteiger partial charge in [-0.1, -0.05) is 41.8 Å². The monoisotopic (exact) mass is 516 g/mol. The van der Waals surface area contributed by atoms with Gasteiger partial charge in [0.2, 0.25) is 0 Å². The first kappa shape index (κ1) is 20.6. The highest BCUT2D eigenvalue weighted by molar-refractivity contribution is 9.11. The van der Waals surface area contributed by atoms with Crippen LogP contribution in [0.1, 0.15) is 36.6 Å². The molecule has 9 heteroatoms. The predicted octanol–water partition coefficient (Wildman–Crippen LogP) is 6.44. The molecule has 28 heavy (non-hydrogen) atoms. The lowest BCUT2D eigenvalue weighted by molar-refractivity contribution is 0.197. The van der Waals surface area contributed by atoms with E-state index in [-0.39, 0.29) is 6.04 Å². The van der Waals surface area contributed by atoms with Crippen LogP contribution >= 0.6 is 62.7 Å². The Labute approximate surface area is 192 Å². The second-order valence-electron chi connectivity index (χ2n) is 6.84. The van der Waals surface area contributed by atoms with Crippen molar-refractivity contribution < 1.29 is 0 Å². The third kappa shape index (κ3) is 4.55. The Kier molecular flexibility index (Phi) is 6.60. The minimum absolute atomic E-state index is 0.0473. The van der Waals surface area contributed by atoms with Crippen molar-refractivity contribution in [3.05, 3.63) is 49.0 Å². The number of anilines is 1. The van der Waals surface area contributed by atoms with Gasteiger partial charge in [0.05, 0.1) is 26.2 Å². The molecule has 4 nitrogen and oxygen atoms in total. The van der Waals surface area contributed by atoms with E-state index in [1.54, 1.807) is 17.4 Å². The molecule has 1 aromatic heterocycles. The molecule has 0 saturated carbocycles. The smallest absolute Gasteiger partial charge is 0.137 e. The number of piperidine rings is 1. The number of benzene rings is 1. The summed E-state index contributed by atoms with van der Waals surface area (Å²) < 4.78 is 1.09. The quantitative estimate of drug-likeness (QED) is 0.472. The molecule has 1 atom stereocenters. The molecular weight excluding hydrogens is 499 g/mol. The summed E-state index contributed by atoms with van der Waals surface area (Å²) in [6.07, 6.45) is 4.40. The Balaban J connectivity index is 1.61. The van der Waals surface area contributed by atoms with Crippen LogP contribution in [0, 0.1) is 0 Å². The van der Waals surface area contributed by atoms with Crippen molar-refractivity contribution in [2.45, 2.75) is 31.7 Å². The molecule has 0 bridgehead atoms. The van der Waals surface area contributed by atoms with Crippen molar-refractivity contribution in [1.82, 2.24) is 10.4 Å². The molecule has 0 aliphatic carbocycles. The first-order chi connectivity index (χ1) is 13.5. The van der Waals surface area contributed by atoms with Crippen molar-refractivity contribution in [2.75, 3.05) is 18.1 Å². The molecule has 1 unspecified atom stereocenters. The number of nitrogens with one attached hydrogen (secondary N) is 1. The molecule has 4 rings (SSSR count). The number of nitrogens with zero attached hydrogens (tertiary/aromatic N) is 3. The van der Waals surface area contributed by atoms with Gasteiger partial charge in [0.1, 0.15) is 4.99 Å². The number of thiocarbonyl (C=S) groups is 1. The maximum Gasteiger partial charge on any atom is 0.137 e. The van der Waals surface area contributed by atoms with Crippen molar-refractivity contribution in [3.63, 3.8) is 0 Å². The van der Waals surface area contributed by atoms with Crippen LogP contribution in [-0.4, -0.2) is 28.8 Å². The van der Waals surface area contributed by atoms with Crippen molar-refractivity contribution in [1.29, 1.82) is 0 Å². The van der Waals surface area contributed by atoms with E-state index in [1.807, 2.05) is 17.1 Å². The summed E-state index contributed by atoms with van der Waals surface area (Å²) in [7, 11) is 0. The molecule has 0 amide bonds. The predicted molar refractivity (Wildman–Crippen MR) is 127 cm³/mol. The zero-order chi connectivity index (χ0) is 19.7. The van der Waals surface area contributed by atoms with Gasteiger partial charge in [-0.2, -0.15) is 5.10 Å². The molecular formula is C19H19BrCl2N4S2. The maximum atomic E-state index is 6.49. The normalized spacial score (nSPS) is 20.3. The minimum Gasteiger partial charge on any atom is -0.308 e. The second-order valence-corrected chi connectivity index (χ2v) is 10.6.